The highest BCUT2D eigenvalue weighted by Crippen LogP contribution is 1.93. The molecule has 0 bridgehead atoms. The smallest absolute Gasteiger partial charge is 0.267 e. The van der Waals surface area contributed by atoms with E-state index >= 15 is 0 Å². The molecule has 2 rings (SSSR count). The number of hydrogen-bond donors (Lipinski definition) is 1. The second-order valence-electron chi connectivity index (χ2n) is 2.92. The number of nitrogen functional groups attached to an aromatic ring is 1. The van der Waals surface area contributed by atoms with Gasteiger partial charge in [-0.15, -0.1) is 0 Å². The van der Waals surface area contributed by atoms with Gasteiger partial charge in [0.15, 0.2) is 0 Å². The van der Waals surface area contributed by atoms with Crippen molar-refractivity contribution in [3.05, 3.63) is 46.8 Å². The van der Waals surface area contributed by atoms with E-state index in [-0.39, 0.29) is 12.1 Å². The minimum Gasteiger partial charge on any atom is -0.382 e. The van der Waals surface area contributed by atoms with E-state index < -0.39 is 0 Å². The van der Waals surface area contributed by atoms with Crippen LogP contribution in [-0.4, -0.2) is 19.7 Å². The van der Waals surface area contributed by atoms with E-state index in [1.54, 1.807) is 18.5 Å². The molecule has 76 valence electrons. The Morgan fingerprint density at radius 2 is 2.00 bits per heavy atom. The molecule has 0 fully saturated rings. The molecule has 0 aromatic carbocycles. The van der Waals surface area contributed by atoms with Crippen LogP contribution in [0.25, 0.3) is 0 Å². The van der Waals surface area contributed by atoms with Crippen LogP contribution >= 0.6 is 0 Å². The summed E-state index contributed by atoms with van der Waals surface area (Å²) in [5, 5.41) is 3.87. The number of hydrogen-bond acceptors (Lipinski definition) is 5. The van der Waals surface area contributed by atoms with E-state index in [1.165, 1.54) is 16.8 Å². The van der Waals surface area contributed by atoms with Crippen molar-refractivity contribution in [2.75, 3.05) is 5.73 Å². The lowest BCUT2D eigenvalue weighted by atomic mass is 10.5. The summed E-state index contributed by atoms with van der Waals surface area (Å²) < 4.78 is 1.23. The lowest BCUT2D eigenvalue weighted by molar-refractivity contribution is 0.618. The molecule has 2 aromatic rings. The third-order valence-corrected chi connectivity index (χ3v) is 1.80. The second-order valence-corrected chi connectivity index (χ2v) is 2.92. The summed E-state index contributed by atoms with van der Waals surface area (Å²) in [6.07, 6.45) is 3.22. The lowest BCUT2D eigenvalue weighted by Gasteiger charge is -2.02. The number of anilines is 1. The monoisotopic (exact) mass is 203 g/mol. The Hall–Kier alpha value is -2.24. The summed E-state index contributed by atoms with van der Waals surface area (Å²) in [6, 6.07) is 4.54. The van der Waals surface area contributed by atoms with Crippen LogP contribution in [0.5, 0.6) is 0 Å². The summed E-state index contributed by atoms with van der Waals surface area (Å²) in [5.41, 5.74) is 5.24. The zero-order valence-corrected chi connectivity index (χ0v) is 7.87. The van der Waals surface area contributed by atoms with Crippen molar-refractivity contribution >= 4 is 5.82 Å². The highest BCUT2D eigenvalue weighted by molar-refractivity contribution is 5.23. The first-order valence-corrected chi connectivity index (χ1v) is 4.35. The molecule has 0 radical (unpaired) electrons. The maximum Gasteiger partial charge on any atom is 0.267 e. The number of rotatable bonds is 2. The van der Waals surface area contributed by atoms with Gasteiger partial charge < -0.3 is 5.73 Å². The summed E-state index contributed by atoms with van der Waals surface area (Å²) in [7, 11) is 0. The van der Waals surface area contributed by atoms with Crippen molar-refractivity contribution in [2.45, 2.75) is 6.54 Å². The molecule has 0 atom stereocenters. The maximum absolute atomic E-state index is 11.4. The van der Waals surface area contributed by atoms with Crippen molar-refractivity contribution in [1.29, 1.82) is 0 Å². The third-order valence-electron chi connectivity index (χ3n) is 1.80. The van der Waals surface area contributed by atoms with E-state index in [0.717, 1.165) is 0 Å². The van der Waals surface area contributed by atoms with Crippen molar-refractivity contribution in [3.8, 4) is 0 Å². The molecular formula is C9H9N5O. The minimum absolute atomic E-state index is 0.225. The number of aromatic nitrogens is 4. The van der Waals surface area contributed by atoms with Crippen molar-refractivity contribution < 1.29 is 0 Å². The molecule has 6 heteroatoms. The van der Waals surface area contributed by atoms with Gasteiger partial charge in [-0.25, -0.2) is 14.6 Å². The van der Waals surface area contributed by atoms with Crippen LogP contribution in [0.1, 0.15) is 5.82 Å². The highest BCUT2D eigenvalue weighted by atomic mass is 16.1. The summed E-state index contributed by atoms with van der Waals surface area (Å²) in [4.78, 5) is 19.4. The molecule has 0 amide bonds. The first kappa shape index (κ1) is 9.32. The second kappa shape index (κ2) is 3.87. The average molecular weight is 203 g/mol. The Morgan fingerprint density at radius 1 is 1.27 bits per heavy atom. The minimum atomic E-state index is -0.225. The van der Waals surface area contributed by atoms with Crippen molar-refractivity contribution in [2.24, 2.45) is 0 Å². The van der Waals surface area contributed by atoms with Crippen LogP contribution in [0.15, 0.2) is 35.4 Å². The third kappa shape index (κ3) is 2.16. The normalized spacial score (nSPS) is 10.1. The maximum atomic E-state index is 11.4. The van der Waals surface area contributed by atoms with Gasteiger partial charge in [-0.05, 0) is 12.1 Å². The van der Waals surface area contributed by atoms with Crippen molar-refractivity contribution in [3.63, 3.8) is 0 Å². The molecule has 0 aliphatic heterocycles. The first-order chi connectivity index (χ1) is 7.25. The van der Waals surface area contributed by atoms with E-state index in [4.69, 9.17) is 5.73 Å². The Kier molecular flexibility index (Phi) is 2.40. The summed E-state index contributed by atoms with van der Waals surface area (Å²) in [6.45, 7) is 0.227. The van der Waals surface area contributed by atoms with E-state index in [9.17, 15) is 4.79 Å². The quantitative estimate of drug-likeness (QED) is 0.721. The van der Waals surface area contributed by atoms with Gasteiger partial charge in [0.05, 0.1) is 0 Å². The van der Waals surface area contributed by atoms with Gasteiger partial charge in [0.2, 0.25) is 0 Å². The predicted molar refractivity (Wildman–Crippen MR) is 54.0 cm³/mol. The highest BCUT2D eigenvalue weighted by Gasteiger charge is 2.01. The fourth-order valence-corrected chi connectivity index (χ4v) is 1.12. The standard InChI is InChI=1S/C9H9N5O/c10-7-2-3-9(15)14(13-7)6-8-11-4-1-5-12-8/h1-5H,6H2,(H2,10,13). The largest absolute Gasteiger partial charge is 0.382 e. The van der Waals surface area contributed by atoms with Crippen LogP contribution < -0.4 is 11.3 Å². The van der Waals surface area contributed by atoms with Crippen LogP contribution in [-0.2, 0) is 6.54 Å². The van der Waals surface area contributed by atoms with Gasteiger partial charge in [-0.1, -0.05) is 0 Å². The molecule has 0 aliphatic carbocycles. The first-order valence-electron chi connectivity index (χ1n) is 4.35. The molecule has 6 nitrogen and oxygen atoms in total. The number of nitrogens with two attached hydrogens (primary N) is 1. The molecule has 0 spiro atoms. The average Bonchev–Trinajstić information content (AvgIpc) is 2.25. The topological polar surface area (TPSA) is 86.7 Å². The summed E-state index contributed by atoms with van der Waals surface area (Å²) in [5.74, 6) is 0.822. The van der Waals surface area contributed by atoms with Gasteiger partial charge in [0.1, 0.15) is 18.2 Å². The SMILES string of the molecule is Nc1ccc(=O)n(Cc2ncccn2)n1. The number of nitrogens with zero attached hydrogens (tertiary/aromatic N) is 4. The van der Waals surface area contributed by atoms with Crippen molar-refractivity contribution in [1.82, 2.24) is 19.7 Å². The Morgan fingerprint density at radius 3 is 2.73 bits per heavy atom. The fourth-order valence-electron chi connectivity index (χ4n) is 1.12. The molecule has 2 heterocycles. The molecule has 0 unspecified atom stereocenters. The van der Waals surface area contributed by atoms with Crippen LogP contribution in [0.4, 0.5) is 5.82 Å². The zero-order valence-electron chi connectivity index (χ0n) is 7.87. The van der Waals surface area contributed by atoms with E-state index in [2.05, 4.69) is 15.1 Å². The molecule has 15 heavy (non-hydrogen) atoms. The van der Waals surface area contributed by atoms with Gasteiger partial charge in [-0.2, -0.15) is 5.10 Å². The molecule has 0 aliphatic rings. The predicted octanol–water partition coefficient (Wildman–Crippen LogP) is -0.336. The Labute approximate surface area is 85.4 Å². The van der Waals surface area contributed by atoms with Crippen LogP contribution in [0, 0.1) is 0 Å². The Balaban J connectivity index is 2.32. The molecule has 0 saturated heterocycles. The van der Waals surface area contributed by atoms with E-state index in [1.807, 2.05) is 0 Å². The van der Waals surface area contributed by atoms with Crippen LogP contribution in [0.3, 0.4) is 0 Å². The molecule has 2 N–H and O–H groups in total. The van der Waals surface area contributed by atoms with Gasteiger partial charge in [-0.3, -0.25) is 4.79 Å². The van der Waals surface area contributed by atoms with Gasteiger partial charge in [0.25, 0.3) is 5.56 Å². The van der Waals surface area contributed by atoms with Gasteiger partial charge >= 0.3 is 0 Å². The lowest BCUT2D eigenvalue weighted by Crippen LogP contribution is -2.24. The molecule has 2 aromatic heterocycles. The zero-order chi connectivity index (χ0) is 10.7. The van der Waals surface area contributed by atoms with Gasteiger partial charge in [0, 0.05) is 18.5 Å². The fraction of sp³-hybridized carbons (Fsp3) is 0.111. The van der Waals surface area contributed by atoms with Crippen LogP contribution in [0.2, 0.25) is 0 Å². The molecule has 0 saturated carbocycles. The van der Waals surface area contributed by atoms with E-state index in [0.29, 0.717) is 11.6 Å². The summed E-state index contributed by atoms with van der Waals surface area (Å²) >= 11 is 0. The molecular weight excluding hydrogens is 194 g/mol. The Bertz CT molecular complexity index is 507.